The predicted octanol–water partition coefficient (Wildman–Crippen LogP) is 1.98. The lowest BCUT2D eigenvalue weighted by molar-refractivity contribution is -0.148. The highest BCUT2D eigenvalue weighted by Crippen LogP contribution is 2.39. The van der Waals surface area contributed by atoms with Crippen LogP contribution in [0.4, 0.5) is 0 Å². The van der Waals surface area contributed by atoms with Gasteiger partial charge >= 0.3 is 0 Å². The SMILES string of the molecule is CC(CO)CC1CCOC2(CCOCC2)C1. The Morgan fingerprint density at radius 1 is 1.31 bits per heavy atom. The topological polar surface area (TPSA) is 38.7 Å². The first kappa shape index (κ1) is 12.3. The fourth-order valence-corrected chi connectivity index (χ4v) is 3.07. The average Bonchev–Trinajstić information content (AvgIpc) is 2.30. The molecule has 0 aromatic rings. The van der Waals surface area contributed by atoms with Gasteiger partial charge in [-0.15, -0.1) is 0 Å². The van der Waals surface area contributed by atoms with Crippen molar-refractivity contribution in [2.75, 3.05) is 26.4 Å². The minimum Gasteiger partial charge on any atom is -0.396 e. The van der Waals surface area contributed by atoms with Crippen molar-refractivity contribution in [2.45, 2.75) is 44.6 Å². The highest BCUT2D eigenvalue weighted by molar-refractivity contribution is 4.89. The first-order valence-corrected chi connectivity index (χ1v) is 6.57. The van der Waals surface area contributed by atoms with Gasteiger partial charge in [0.2, 0.25) is 0 Å². The van der Waals surface area contributed by atoms with E-state index in [2.05, 4.69) is 6.92 Å². The third-order valence-electron chi connectivity index (χ3n) is 4.05. The van der Waals surface area contributed by atoms with Gasteiger partial charge in [-0.1, -0.05) is 6.92 Å². The summed E-state index contributed by atoms with van der Waals surface area (Å²) in [6.45, 7) is 5.03. The molecule has 0 aliphatic carbocycles. The van der Waals surface area contributed by atoms with E-state index in [0.717, 1.165) is 51.4 Å². The van der Waals surface area contributed by atoms with Crippen LogP contribution in [0, 0.1) is 11.8 Å². The van der Waals surface area contributed by atoms with Crippen LogP contribution >= 0.6 is 0 Å². The Morgan fingerprint density at radius 2 is 2.06 bits per heavy atom. The maximum Gasteiger partial charge on any atom is 0.0729 e. The molecule has 3 heteroatoms. The van der Waals surface area contributed by atoms with Crippen LogP contribution in [-0.4, -0.2) is 37.1 Å². The van der Waals surface area contributed by atoms with E-state index in [4.69, 9.17) is 14.6 Å². The lowest BCUT2D eigenvalue weighted by Crippen LogP contribution is -2.44. The third-order valence-corrected chi connectivity index (χ3v) is 4.05. The fourth-order valence-electron chi connectivity index (χ4n) is 3.07. The maximum absolute atomic E-state index is 9.12. The summed E-state index contributed by atoms with van der Waals surface area (Å²) in [6.07, 6.45) is 5.57. The van der Waals surface area contributed by atoms with E-state index in [0.29, 0.717) is 12.5 Å². The molecule has 0 saturated carbocycles. The minimum atomic E-state index is 0.107. The van der Waals surface area contributed by atoms with Gasteiger partial charge in [0.15, 0.2) is 0 Å². The number of hydrogen-bond donors (Lipinski definition) is 1. The molecule has 2 saturated heterocycles. The van der Waals surface area contributed by atoms with Crippen LogP contribution in [-0.2, 0) is 9.47 Å². The van der Waals surface area contributed by atoms with Crippen molar-refractivity contribution in [2.24, 2.45) is 11.8 Å². The molecule has 0 amide bonds. The lowest BCUT2D eigenvalue weighted by Gasteiger charge is -2.43. The monoisotopic (exact) mass is 228 g/mol. The van der Waals surface area contributed by atoms with Gasteiger partial charge < -0.3 is 14.6 Å². The summed E-state index contributed by atoms with van der Waals surface area (Å²) in [7, 11) is 0. The molecule has 2 unspecified atom stereocenters. The number of hydrogen-bond acceptors (Lipinski definition) is 3. The Labute approximate surface area is 98.1 Å². The van der Waals surface area contributed by atoms with Crippen LogP contribution in [0.3, 0.4) is 0 Å². The molecule has 2 atom stereocenters. The van der Waals surface area contributed by atoms with E-state index >= 15 is 0 Å². The van der Waals surface area contributed by atoms with Gasteiger partial charge in [-0.25, -0.2) is 0 Å². The fraction of sp³-hybridized carbons (Fsp3) is 1.00. The summed E-state index contributed by atoms with van der Waals surface area (Å²) >= 11 is 0. The smallest absolute Gasteiger partial charge is 0.0729 e. The summed E-state index contributed by atoms with van der Waals surface area (Å²) in [6, 6.07) is 0. The van der Waals surface area contributed by atoms with E-state index in [1.54, 1.807) is 0 Å². The van der Waals surface area contributed by atoms with Crippen molar-refractivity contribution in [3.8, 4) is 0 Å². The summed E-state index contributed by atoms with van der Waals surface area (Å²) in [5.41, 5.74) is 0.107. The van der Waals surface area contributed by atoms with Crippen LogP contribution in [0.1, 0.15) is 39.0 Å². The van der Waals surface area contributed by atoms with E-state index in [1.165, 1.54) is 6.42 Å². The van der Waals surface area contributed by atoms with Gasteiger partial charge in [0.1, 0.15) is 0 Å². The van der Waals surface area contributed by atoms with Crippen molar-refractivity contribution in [1.82, 2.24) is 0 Å². The first-order valence-electron chi connectivity index (χ1n) is 6.57. The van der Waals surface area contributed by atoms with Crippen molar-refractivity contribution in [3.05, 3.63) is 0 Å². The van der Waals surface area contributed by atoms with Gasteiger partial charge in [-0.2, -0.15) is 0 Å². The molecule has 2 aliphatic rings. The van der Waals surface area contributed by atoms with Gasteiger partial charge in [0.05, 0.1) is 5.60 Å². The van der Waals surface area contributed by atoms with Crippen molar-refractivity contribution in [3.63, 3.8) is 0 Å². The molecule has 3 nitrogen and oxygen atoms in total. The Bertz CT molecular complexity index is 206. The van der Waals surface area contributed by atoms with Gasteiger partial charge in [-0.3, -0.25) is 0 Å². The first-order chi connectivity index (χ1) is 7.74. The second kappa shape index (κ2) is 5.48. The van der Waals surface area contributed by atoms with Gasteiger partial charge in [0.25, 0.3) is 0 Å². The molecule has 1 N–H and O–H groups in total. The molecule has 94 valence electrons. The maximum atomic E-state index is 9.12. The molecular weight excluding hydrogens is 204 g/mol. The zero-order chi connectivity index (χ0) is 11.4. The van der Waals surface area contributed by atoms with E-state index < -0.39 is 0 Å². The zero-order valence-corrected chi connectivity index (χ0v) is 10.3. The normalized spacial score (nSPS) is 31.5. The number of ether oxygens (including phenoxy) is 2. The molecule has 2 heterocycles. The molecular formula is C13H24O3. The van der Waals surface area contributed by atoms with Crippen LogP contribution < -0.4 is 0 Å². The molecule has 16 heavy (non-hydrogen) atoms. The van der Waals surface area contributed by atoms with E-state index in [1.807, 2.05) is 0 Å². The van der Waals surface area contributed by atoms with Crippen molar-refractivity contribution < 1.29 is 14.6 Å². The number of rotatable bonds is 3. The number of aliphatic hydroxyl groups excluding tert-OH is 1. The van der Waals surface area contributed by atoms with Crippen LogP contribution in [0.2, 0.25) is 0 Å². The molecule has 0 radical (unpaired) electrons. The molecule has 1 spiro atoms. The summed E-state index contributed by atoms with van der Waals surface area (Å²) < 4.78 is 11.4. The van der Waals surface area contributed by atoms with Crippen LogP contribution in [0.5, 0.6) is 0 Å². The minimum absolute atomic E-state index is 0.107. The Hall–Kier alpha value is -0.120. The lowest BCUT2D eigenvalue weighted by atomic mass is 9.78. The van der Waals surface area contributed by atoms with Gasteiger partial charge in [-0.05, 0) is 43.9 Å². The number of aliphatic hydroxyl groups is 1. The largest absolute Gasteiger partial charge is 0.396 e. The Morgan fingerprint density at radius 3 is 2.75 bits per heavy atom. The van der Waals surface area contributed by atoms with Crippen LogP contribution in [0.25, 0.3) is 0 Å². The Balaban J connectivity index is 1.87. The molecule has 2 aliphatic heterocycles. The molecule has 0 aromatic heterocycles. The van der Waals surface area contributed by atoms with Crippen LogP contribution in [0.15, 0.2) is 0 Å². The van der Waals surface area contributed by atoms with E-state index in [9.17, 15) is 0 Å². The predicted molar refractivity (Wildman–Crippen MR) is 62.3 cm³/mol. The summed E-state index contributed by atoms with van der Waals surface area (Å²) in [4.78, 5) is 0. The summed E-state index contributed by atoms with van der Waals surface area (Å²) in [5.74, 6) is 1.16. The zero-order valence-electron chi connectivity index (χ0n) is 10.3. The quantitative estimate of drug-likeness (QED) is 0.802. The second-order valence-electron chi connectivity index (χ2n) is 5.53. The van der Waals surface area contributed by atoms with Crippen molar-refractivity contribution in [1.29, 1.82) is 0 Å². The average molecular weight is 228 g/mol. The molecule has 0 bridgehead atoms. The molecule has 2 rings (SSSR count). The molecule has 2 fully saturated rings. The van der Waals surface area contributed by atoms with Crippen molar-refractivity contribution >= 4 is 0 Å². The Kier molecular flexibility index (Phi) is 4.22. The molecule has 0 aromatic carbocycles. The van der Waals surface area contributed by atoms with Gasteiger partial charge in [0, 0.05) is 26.4 Å². The van der Waals surface area contributed by atoms with E-state index in [-0.39, 0.29) is 5.60 Å². The third kappa shape index (κ3) is 2.96. The second-order valence-corrected chi connectivity index (χ2v) is 5.53. The standard InChI is InChI=1S/C13H24O3/c1-11(10-14)8-12-2-5-16-13(9-12)3-6-15-7-4-13/h11-12,14H,2-10H2,1H3. The highest BCUT2D eigenvalue weighted by atomic mass is 16.5. The highest BCUT2D eigenvalue weighted by Gasteiger charge is 2.38. The summed E-state index contributed by atoms with van der Waals surface area (Å²) in [5, 5.41) is 9.12.